The maximum atomic E-state index is 13.0. The summed E-state index contributed by atoms with van der Waals surface area (Å²) in [6.45, 7) is 2.04. The fourth-order valence-electron chi connectivity index (χ4n) is 2.88. The van der Waals surface area contributed by atoms with E-state index in [2.05, 4.69) is 5.43 Å². The van der Waals surface area contributed by atoms with E-state index in [4.69, 9.17) is 4.74 Å². The van der Waals surface area contributed by atoms with Gasteiger partial charge in [-0.2, -0.15) is 0 Å². The van der Waals surface area contributed by atoms with Crippen molar-refractivity contribution in [3.63, 3.8) is 0 Å². The molecule has 1 saturated heterocycles. The summed E-state index contributed by atoms with van der Waals surface area (Å²) in [5.41, 5.74) is 3.54. The molecule has 0 aliphatic carbocycles. The summed E-state index contributed by atoms with van der Waals surface area (Å²) in [6, 6.07) is 13.6. The number of methoxy groups -OCH3 is 1. The highest BCUT2D eigenvalue weighted by Gasteiger charge is 2.40. The number of unbranched alkanes of at least 4 members (excludes halogenated alkanes) is 1. The van der Waals surface area contributed by atoms with E-state index in [1.165, 1.54) is 28.9 Å². The zero-order valence-electron chi connectivity index (χ0n) is 15.7. The number of benzene rings is 2. The van der Waals surface area contributed by atoms with Gasteiger partial charge in [-0.05, 0) is 24.6 Å². The predicted octanol–water partition coefficient (Wildman–Crippen LogP) is 4.00. The molecule has 1 heterocycles. The molecular formula is C21H22N2O4S. The minimum absolute atomic E-state index is 0.102. The van der Waals surface area contributed by atoms with Crippen LogP contribution in [0.15, 0.2) is 59.5 Å². The molecule has 0 bridgehead atoms. The first-order valence-electron chi connectivity index (χ1n) is 8.99. The first kappa shape index (κ1) is 19.8. The Labute approximate surface area is 168 Å². The summed E-state index contributed by atoms with van der Waals surface area (Å²) in [7, 11) is 1.57. The van der Waals surface area contributed by atoms with Crippen molar-refractivity contribution in [2.45, 2.75) is 25.1 Å². The molecule has 0 aromatic heterocycles. The molecule has 1 aliphatic rings. The third kappa shape index (κ3) is 3.99. The van der Waals surface area contributed by atoms with Crippen LogP contribution in [0.4, 0.5) is 0 Å². The van der Waals surface area contributed by atoms with Gasteiger partial charge in [-0.3, -0.25) is 15.0 Å². The second-order valence-corrected chi connectivity index (χ2v) is 7.32. The second kappa shape index (κ2) is 8.84. The van der Waals surface area contributed by atoms with Crippen LogP contribution in [0.3, 0.4) is 0 Å². The number of rotatable bonds is 6. The number of hydrazine groups is 1. The van der Waals surface area contributed by atoms with Crippen molar-refractivity contribution < 1.29 is 19.4 Å². The lowest BCUT2D eigenvalue weighted by molar-refractivity contribution is -0.128. The number of allylic oxidation sites excluding steroid dienone is 1. The standard InChI is InChI=1S/C21H22N2O4S/c1-3-4-13-18-20(26)23(22-19(25)14-9-5-7-11-16(14)24)21(28-18)15-10-6-8-12-17(15)27-2/h5-13,21,24H,3-4H2,1-2H3,(H,22,25)/b18-13+. The van der Waals surface area contributed by atoms with Crippen LogP contribution in [0.25, 0.3) is 0 Å². The lowest BCUT2D eigenvalue weighted by Gasteiger charge is -2.25. The van der Waals surface area contributed by atoms with Crippen LogP contribution in [-0.2, 0) is 4.79 Å². The molecule has 1 fully saturated rings. The number of aromatic hydroxyl groups is 1. The molecule has 0 spiro atoms. The van der Waals surface area contributed by atoms with Crippen molar-refractivity contribution in [3.8, 4) is 11.5 Å². The monoisotopic (exact) mass is 398 g/mol. The molecule has 1 atom stereocenters. The highest BCUT2D eigenvalue weighted by Crippen LogP contribution is 2.47. The summed E-state index contributed by atoms with van der Waals surface area (Å²) in [4.78, 5) is 26.2. The molecule has 2 aromatic rings. The number of para-hydroxylation sites is 2. The van der Waals surface area contributed by atoms with E-state index in [9.17, 15) is 14.7 Å². The number of ether oxygens (including phenoxy) is 1. The van der Waals surface area contributed by atoms with Crippen LogP contribution in [0.1, 0.15) is 41.1 Å². The fourth-order valence-corrected chi connectivity index (χ4v) is 4.11. The minimum Gasteiger partial charge on any atom is -0.507 e. The van der Waals surface area contributed by atoms with E-state index < -0.39 is 11.3 Å². The molecule has 2 aromatic carbocycles. The van der Waals surface area contributed by atoms with Gasteiger partial charge in [0.25, 0.3) is 11.8 Å². The molecule has 28 heavy (non-hydrogen) atoms. The maximum absolute atomic E-state index is 13.0. The molecule has 1 aliphatic heterocycles. The van der Waals surface area contributed by atoms with Crippen LogP contribution in [0.2, 0.25) is 0 Å². The lowest BCUT2D eigenvalue weighted by atomic mass is 10.2. The van der Waals surface area contributed by atoms with Crippen LogP contribution in [-0.4, -0.2) is 29.0 Å². The molecule has 1 unspecified atom stereocenters. The van der Waals surface area contributed by atoms with Gasteiger partial charge in [0.1, 0.15) is 16.9 Å². The Kier molecular flexibility index (Phi) is 6.26. The number of hydrogen-bond acceptors (Lipinski definition) is 5. The van der Waals surface area contributed by atoms with Gasteiger partial charge < -0.3 is 9.84 Å². The molecule has 0 saturated carbocycles. The summed E-state index contributed by atoms with van der Waals surface area (Å²) in [5, 5.41) is 10.8. The number of phenolic OH excluding ortho intramolecular Hbond substituents is 1. The third-order valence-electron chi connectivity index (χ3n) is 4.30. The second-order valence-electron chi connectivity index (χ2n) is 6.20. The summed E-state index contributed by atoms with van der Waals surface area (Å²) < 4.78 is 5.44. The molecule has 0 radical (unpaired) electrons. The number of thioether (sulfide) groups is 1. The Morgan fingerprint density at radius 1 is 1.25 bits per heavy atom. The van der Waals surface area contributed by atoms with Crippen molar-refractivity contribution in [1.29, 1.82) is 0 Å². The fraction of sp³-hybridized carbons (Fsp3) is 0.238. The number of phenols is 1. The summed E-state index contributed by atoms with van der Waals surface area (Å²) in [5.74, 6) is -0.344. The van der Waals surface area contributed by atoms with Crippen molar-refractivity contribution in [1.82, 2.24) is 10.4 Å². The van der Waals surface area contributed by atoms with Crippen molar-refractivity contribution in [2.75, 3.05) is 7.11 Å². The van der Waals surface area contributed by atoms with Crippen molar-refractivity contribution >= 4 is 23.6 Å². The van der Waals surface area contributed by atoms with Crippen LogP contribution in [0, 0.1) is 0 Å². The highest BCUT2D eigenvalue weighted by molar-refractivity contribution is 8.04. The Hall–Kier alpha value is -2.93. The minimum atomic E-state index is -0.552. The summed E-state index contributed by atoms with van der Waals surface area (Å²) >= 11 is 1.37. The number of nitrogens with zero attached hydrogens (tertiary/aromatic N) is 1. The van der Waals surface area contributed by atoms with Gasteiger partial charge in [0.2, 0.25) is 0 Å². The quantitative estimate of drug-likeness (QED) is 0.719. The van der Waals surface area contributed by atoms with E-state index in [1.54, 1.807) is 19.2 Å². The zero-order chi connectivity index (χ0) is 20.1. The molecule has 3 rings (SSSR count). The van der Waals surface area contributed by atoms with Gasteiger partial charge in [0.05, 0.1) is 17.6 Å². The van der Waals surface area contributed by atoms with Crippen LogP contribution in [0.5, 0.6) is 11.5 Å². The maximum Gasteiger partial charge on any atom is 0.279 e. The lowest BCUT2D eigenvalue weighted by Crippen LogP contribution is -2.44. The van der Waals surface area contributed by atoms with E-state index in [-0.39, 0.29) is 17.2 Å². The smallest absolute Gasteiger partial charge is 0.279 e. The largest absolute Gasteiger partial charge is 0.507 e. The number of carbonyl (C=O) groups is 2. The molecule has 146 valence electrons. The molecule has 2 N–H and O–H groups in total. The zero-order valence-corrected chi connectivity index (χ0v) is 16.5. The van der Waals surface area contributed by atoms with Gasteiger partial charge in [-0.15, -0.1) is 0 Å². The highest BCUT2D eigenvalue weighted by atomic mass is 32.2. The number of carbonyl (C=O) groups excluding carboxylic acids is 2. The average Bonchev–Trinajstić information content (AvgIpc) is 3.02. The Morgan fingerprint density at radius 3 is 2.68 bits per heavy atom. The molecule has 2 amide bonds. The summed E-state index contributed by atoms with van der Waals surface area (Å²) in [6.07, 6.45) is 3.58. The van der Waals surface area contributed by atoms with Gasteiger partial charge in [-0.1, -0.05) is 61.5 Å². The Morgan fingerprint density at radius 2 is 1.96 bits per heavy atom. The Bertz CT molecular complexity index is 913. The first-order valence-corrected chi connectivity index (χ1v) is 9.87. The van der Waals surface area contributed by atoms with Gasteiger partial charge in [0, 0.05) is 5.56 Å². The average molecular weight is 398 g/mol. The predicted molar refractivity (Wildman–Crippen MR) is 109 cm³/mol. The third-order valence-corrected chi connectivity index (χ3v) is 5.58. The van der Waals surface area contributed by atoms with E-state index in [1.807, 2.05) is 37.3 Å². The Balaban J connectivity index is 1.95. The van der Waals surface area contributed by atoms with E-state index in [0.29, 0.717) is 10.7 Å². The van der Waals surface area contributed by atoms with Crippen LogP contribution >= 0.6 is 11.8 Å². The number of hydrogen-bond donors (Lipinski definition) is 2. The first-order chi connectivity index (χ1) is 13.6. The molecule has 7 heteroatoms. The number of amides is 2. The normalized spacial score (nSPS) is 17.8. The van der Waals surface area contributed by atoms with Crippen molar-refractivity contribution in [3.05, 3.63) is 70.6 Å². The van der Waals surface area contributed by atoms with E-state index >= 15 is 0 Å². The molecular weight excluding hydrogens is 376 g/mol. The molecule has 6 nitrogen and oxygen atoms in total. The van der Waals surface area contributed by atoms with Gasteiger partial charge in [-0.25, -0.2) is 5.01 Å². The van der Waals surface area contributed by atoms with Gasteiger partial charge in [0.15, 0.2) is 0 Å². The van der Waals surface area contributed by atoms with Crippen molar-refractivity contribution in [2.24, 2.45) is 0 Å². The SMILES string of the molecule is CCC/C=C1/SC(c2ccccc2OC)N(NC(=O)c2ccccc2O)C1=O. The van der Waals surface area contributed by atoms with Crippen LogP contribution < -0.4 is 10.2 Å². The van der Waals surface area contributed by atoms with Gasteiger partial charge >= 0.3 is 0 Å². The topological polar surface area (TPSA) is 78.9 Å². The van der Waals surface area contributed by atoms with E-state index in [0.717, 1.165) is 18.4 Å². The number of nitrogens with one attached hydrogen (secondary N) is 1.